The van der Waals surface area contributed by atoms with Crippen molar-refractivity contribution in [3.05, 3.63) is 53.7 Å². The van der Waals surface area contributed by atoms with E-state index in [0.717, 1.165) is 16.8 Å². The van der Waals surface area contributed by atoms with Crippen LogP contribution in [0.2, 0.25) is 0 Å². The van der Waals surface area contributed by atoms with Crippen LogP contribution in [-0.4, -0.2) is 36.9 Å². The summed E-state index contributed by atoms with van der Waals surface area (Å²) in [7, 11) is -2.91. The zero-order chi connectivity index (χ0) is 17.9. The summed E-state index contributed by atoms with van der Waals surface area (Å²) >= 11 is 0. The van der Waals surface area contributed by atoms with Crippen LogP contribution in [0.15, 0.2) is 42.6 Å². The largest absolute Gasteiger partial charge is 0.380 e. The standard InChI is InChI=1S/C18H21N3O3S/c1-13-4-2-3-5-14(13)10-18(22)21-17-7-6-15(11-19-17)20-16-8-9-25(23,24)12-16/h2-7,11,16,20H,8-10,12H2,1H3,(H,19,21,22). The second kappa shape index (κ2) is 7.23. The van der Waals surface area contributed by atoms with E-state index in [9.17, 15) is 13.2 Å². The molecule has 3 rings (SSSR count). The maximum absolute atomic E-state index is 12.1. The molecule has 1 aromatic carbocycles. The summed E-state index contributed by atoms with van der Waals surface area (Å²) in [5.41, 5.74) is 2.82. The average Bonchev–Trinajstić information content (AvgIpc) is 2.90. The van der Waals surface area contributed by atoms with Gasteiger partial charge in [0, 0.05) is 6.04 Å². The fourth-order valence-electron chi connectivity index (χ4n) is 2.87. The zero-order valence-electron chi connectivity index (χ0n) is 14.0. The van der Waals surface area contributed by atoms with Crippen molar-refractivity contribution in [2.45, 2.75) is 25.8 Å². The van der Waals surface area contributed by atoms with Crippen LogP contribution in [0.1, 0.15) is 17.5 Å². The van der Waals surface area contributed by atoms with Gasteiger partial charge >= 0.3 is 0 Å². The quantitative estimate of drug-likeness (QED) is 0.854. The minimum Gasteiger partial charge on any atom is -0.380 e. The third kappa shape index (κ3) is 4.79. The van der Waals surface area contributed by atoms with Gasteiger partial charge in [-0.3, -0.25) is 4.79 Å². The summed E-state index contributed by atoms with van der Waals surface area (Å²) in [5.74, 6) is 0.736. The lowest BCUT2D eigenvalue weighted by Crippen LogP contribution is -2.20. The Kier molecular flexibility index (Phi) is 5.03. The van der Waals surface area contributed by atoms with Crippen LogP contribution < -0.4 is 10.6 Å². The van der Waals surface area contributed by atoms with E-state index in [1.807, 2.05) is 31.2 Å². The maximum atomic E-state index is 12.1. The van der Waals surface area contributed by atoms with Crippen molar-refractivity contribution in [1.29, 1.82) is 0 Å². The summed E-state index contributed by atoms with van der Waals surface area (Å²) in [4.78, 5) is 16.4. The number of benzene rings is 1. The van der Waals surface area contributed by atoms with Crippen LogP contribution in [0.25, 0.3) is 0 Å². The van der Waals surface area contributed by atoms with Crippen molar-refractivity contribution in [3.8, 4) is 0 Å². The minimum atomic E-state index is -2.91. The molecule has 1 aliphatic rings. The Morgan fingerprint density at radius 3 is 2.68 bits per heavy atom. The van der Waals surface area contributed by atoms with E-state index in [-0.39, 0.29) is 23.5 Å². The van der Waals surface area contributed by atoms with E-state index < -0.39 is 9.84 Å². The number of rotatable bonds is 5. The summed E-state index contributed by atoms with van der Waals surface area (Å²) in [5, 5.41) is 5.95. The monoisotopic (exact) mass is 359 g/mol. The van der Waals surface area contributed by atoms with Gasteiger partial charge in [-0.2, -0.15) is 0 Å². The topological polar surface area (TPSA) is 88.2 Å². The summed E-state index contributed by atoms with van der Waals surface area (Å²) in [6.07, 6.45) is 2.51. The molecular formula is C18H21N3O3S. The molecule has 2 aromatic rings. The number of aryl methyl sites for hydroxylation is 1. The highest BCUT2D eigenvalue weighted by atomic mass is 32.2. The molecule has 0 radical (unpaired) electrons. The molecule has 1 atom stereocenters. The van der Waals surface area contributed by atoms with Crippen molar-refractivity contribution in [2.24, 2.45) is 0 Å². The van der Waals surface area contributed by atoms with Crippen LogP contribution in [0, 0.1) is 6.92 Å². The summed E-state index contributed by atoms with van der Waals surface area (Å²) in [6.45, 7) is 1.98. The van der Waals surface area contributed by atoms with Gasteiger partial charge in [0.25, 0.3) is 0 Å². The van der Waals surface area contributed by atoms with Gasteiger partial charge < -0.3 is 10.6 Å². The zero-order valence-corrected chi connectivity index (χ0v) is 14.8. The molecule has 1 saturated heterocycles. The van der Waals surface area contributed by atoms with E-state index in [4.69, 9.17) is 0 Å². The number of aromatic nitrogens is 1. The molecular weight excluding hydrogens is 338 g/mol. The van der Waals surface area contributed by atoms with Gasteiger partial charge in [0.1, 0.15) is 5.82 Å². The second-order valence-corrected chi connectivity index (χ2v) is 8.56. The average molecular weight is 359 g/mol. The number of nitrogens with zero attached hydrogens (tertiary/aromatic N) is 1. The first kappa shape index (κ1) is 17.4. The number of nitrogens with one attached hydrogen (secondary N) is 2. The number of anilines is 2. The number of carbonyl (C=O) groups excluding carboxylic acids is 1. The third-order valence-corrected chi connectivity index (χ3v) is 6.01. The van der Waals surface area contributed by atoms with Crippen molar-refractivity contribution in [3.63, 3.8) is 0 Å². The molecule has 1 aromatic heterocycles. The Hall–Kier alpha value is -2.41. The van der Waals surface area contributed by atoms with E-state index in [1.165, 1.54) is 0 Å². The van der Waals surface area contributed by atoms with Crippen molar-refractivity contribution >= 4 is 27.2 Å². The lowest BCUT2D eigenvalue weighted by molar-refractivity contribution is -0.115. The van der Waals surface area contributed by atoms with E-state index in [2.05, 4.69) is 15.6 Å². The molecule has 0 saturated carbocycles. The first-order chi connectivity index (χ1) is 11.9. The van der Waals surface area contributed by atoms with Gasteiger partial charge in [0.05, 0.1) is 29.8 Å². The van der Waals surface area contributed by atoms with E-state index in [0.29, 0.717) is 18.7 Å². The number of sulfone groups is 1. The summed E-state index contributed by atoms with van der Waals surface area (Å²) in [6, 6.07) is 11.2. The molecule has 2 N–H and O–H groups in total. The molecule has 6 nitrogen and oxygen atoms in total. The van der Waals surface area contributed by atoms with Gasteiger partial charge in [0.2, 0.25) is 5.91 Å². The minimum absolute atomic E-state index is 0.0757. The molecule has 132 valence electrons. The molecule has 1 fully saturated rings. The smallest absolute Gasteiger partial charge is 0.229 e. The molecule has 1 aliphatic heterocycles. The lowest BCUT2D eigenvalue weighted by atomic mass is 10.1. The summed E-state index contributed by atoms with van der Waals surface area (Å²) < 4.78 is 23.0. The van der Waals surface area contributed by atoms with E-state index >= 15 is 0 Å². The molecule has 0 bridgehead atoms. The van der Waals surface area contributed by atoms with Crippen LogP contribution in [0.3, 0.4) is 0 Å². The van der Waals surface area contributed by atoms with Crippen LogP contribution in [0.4, 0.5) is 11.5 Å². The lowest BCUT2D eigenvalue weighted by Gasteiger charge is -2.12. The normalized spacial score (nSPS) is 18.7. The number of carbonyl (C=O) groups is 1. The highest BCUT2D eigenvalue weighted by Crippen LogP contribution is 2.18. The molecule has 2 heterocycles. The SMILES string of the molecule is Cc1ccccc1CC(=O)Nc1ccc(NC2CCS(=O)(=O)C2)cn1. The Labute approximate surface area is 147 Å². The Morgan fingerprint density at radius 1 is 1.24 bits per heavy atom. The predicted molar refractivity (Wildman–Crippen MR) is 98.4 cm³/mol. The van der Waals surface area contributed by atoms with Gasteiger partial charge in [0.15, 0.2) is 9.84 Å². The van der Waals surface area contributed by atoms with E-state index in [1.54, 1.807) is 18.3 Å². The van der Waals surface area contributed by atoms with Crippen LogP contribution in [-0.2, 0) is 21.1 Å². The van der Waals surface area contributed by atoms with Gasteiger partial charge in [-0.05, 0) is 36.6 Å². The number of hydrogen-bond acceptors (Lipinski definition) is 5. The molecule has 25 heavy (non-hydrogen) atoms. The molecule has 7 heteroatoms. The van der Waals surface area contributed by atoms with Gasteiger partial charge in [-0.1, -0.05) is 24.3 Å². The Balaban J connectivity index is 1.55. The van der Waals surface area contributed by atoms with Gasteiger partial charge in [-0.15, -0.1) is 0 Å². The molecule has 0 aliphatic carbocycles. The fourth-order valence-corrected chi connectivity index (χ4v) is 4.54. The highest BCUT2D eigenvalue weighted by molar-refractivity contribution is 7.91. The molecule has 1 unspecified atom stereocenters. The Morgan fingerprint density at radius 2 is 2.04 bits per heavy atom. The van der Waals surface area contributed by atoms with Crippen molar-refractivity contribution < 1.29 is 13.2 Å². The maximum Gasteiger partial charge on any atom is 0.229 e. The molecule has 0 spiro atoms. The Bertz CT molecular complexity index is 863. The van der Waals surface area contributed by atoms with Crippen molar-refractivity contribution in [2.75, 3.05) is 22.1 Å². The third-order valence-electron chi connectivity index (χ3n) is 4.25. The number of amides is 1. The predicted octanol–water partition coefficient (Wildman–Crippen LogP) is 2.17. The van der Waals surface area contributed by atoms with Crippen LogP contribution >= 0.6 is 0 Å². The molecule has 1 amide bonds. The fraction of sp³-hybridized carbons (Fsp3) is 0.333. The first-order valence-electron chi connectivity index (χ1n) is 8.19. The number of pyridine rings is 1. The number of hydrogen-bond donors (Lipinski definition) is 2. The van der Waals surface area contributed by atoms with Crippen LogP contribution in [0.5, 0.6) is 0 Å². The highest BCUT2D eigenvalue weighted by Gasteiger charge is 2.27. The first-order valence-corrected chi connectivity index (χ1v) is 10.0. The second-order valence-electron chi connectivity index (χ2n) is 6.33. The van der Waals surface area contributed by atoms with Gasteiger partial charge in [-0.25, -0.2) is 13.4 Å². The van der Waals surface area contributed by atoms with Crippen molar-refractivity contribution in [1.82, 2.24) is 4.98 Å².